The molecule has 0 aliphatic heterocycles. The second kappa shape index (κ2) is 8.18. The summed E-state index contributed by atoms with van der Waals surface area (Å²) in [5.74, 6) is 0.912. The van der Waals surface area contributed by atoms with Crippen LogP contribution < -0.4 is 24.7 Å². The number of oxazole rings is 1. The highest BCUT2D eigenvalue weighted by Crippen LogP contribution is 2.38. The van der Waals surface area contributed by atoms with Crippen molar-refractivity contribution in [3.05, 3.63) is 46.4 Å². The molecule has 1 N–H and O–H groups in total. The van der Waals surface area contributed by atoms with Crippen LogP contribution in [0, 0.1) is 0 Å². The van der Waals surface area contributed by atoms with Crippen molar-refractivity contribution < 1.29 is 27.0 Å². The third-order valence-electron chi connectivity index (χ3n) is 4.50. The molecule has 0 aliphatic carbocycles. The van der Waals surface area contributed by atoms with E-state index in [9.17, 15) is 13.2 Å². The van der Waals surface area contributed by atoms with E-state index in [0.29, 0.717) is 34.8 Å². The van der Waals surface area contributed by atoms with Gasteiger partial charge >= 0.3 is 5.76 Å². The summed E-state index contributed by atoms with van der Waals surface area (Å²) >= 11 is 0. The second-order valence-corrected chi connectivity index (χ2v) is 8.00. The monoisotopic (exact) mass is 422 g/mol. The predicted octanol–water partition coefficient (Wildman–Crippen LogP) is 1.68. The first-order valence-electron chi connectivity index (χ1n) is 8.69. The van der Waals surface area contributed by atoms with Crippen LogP contribution in [-0.2, 0) is 23.5 Å². The van der Waals surface area contributed by atoms with Crippen LogP contribution in [0.2, 0.25) is 0 Å². The number of hydrogen-bond acceptors (Lipinski definition) is 7. The quantitative estimate of drug-likeness (QED) is 0.588. The van der Waals surface area contributed by atoms with E-state index < -0.39 is 15.8 Å². The number of ether oxygens (including phenoxy) is 3. The molecule has 9 nitrogen and oxygen atoms in total. The number of nitrogens with one attached hydrogen (secondary N) is 1. The Hall–Kier alpha value is -2.98. The third kappa shape index (κ3) is 4.08. The summed E-state index contributed by atoms with van der Waals surface area (Å²) in [6, 6.07) is 7.80. The third-order valence-corrected chi connectivity index (χ3v) is 5.96. The van der Waals surface area contributed by atoms with Gasteiger partial charge in [-0.2, -0.15) is 0 Å². The van der Waals surface area contributed by atoms with Crippen molar-refractivity contribution >= 4 is 21.1 Å². The maximum absolute atomic E-state index is 12.6. The van der Waals surface area contributed by atoms with Gasteiger partial charge < -0.3 is 18.6 Å². The van der Waals surface area contributed by atoms with Crippen molar-refractivity contribution in [1.29, 1.82) is 0 Å². The highest BCUT2D eigenvalue weighted by molar-refractivity contribution is 7.89. The molecule has 0 fully saturated rings. The fourth-order valence-electron chi connectivity index (χ4n) is 2.97. The van der Waals surface area contributed by atoms with Crippen molar-refractivity contribution in [3.63, 3.8) is 0 Å². The molecule has 0 unspecified atom stereocenters. The Kier molecular flexibility index (Phi) is 5.85. The summed E-state index contributed by atoms with van der Waals surface area (Å²) in [4.78, 5) is 11.6. The van der Waals surface area contributed by atoms with Gasteiger partial charge in [-0.25, -0.2) is 17.9 Å². The summed E-state index contributed by atoms with van der Waals surface area (Å²) < 4.78 is 50.0. The van der Waals surface area contributed by atoms with Crippen molar-refractivity contribution in [2.75, 3.05) is 27.9 Å². The Morgan fingerprint density at radius 3 is 2.28 bits per heavy atom. The average molecular weight is 422 g/mol. The number of aromatic nitrogens is 1. The molecule has 0 amide bonds. The van der Waals surface area contributed by atoms with Gasteiger partial charge in [0.2, 0.25) is 15.8 Å². The Balaban J connectivity index is 1.77. The van der Waals surface area contributed by atoms with Crippen LogP contribution in [0.5, 0.6) is 17.2 Å². The lowest BCUT2D eigenvalue weighted by molar-refractivity contribution is 0.324. The van der Waals surface area contributed by atoms with E-state index in [1.54, 1.807) is 12.1 Å². The molecule has 156 valence electrons. The van der Waals surface area contributed by atoms with E-state index >= 15 is 0 Å². The Labute approximate surface area is 167 Å². The minimum Gasteiger partial charge on any atom is -0.493 e. The fourth-order valence-corrected chi connectivity index (χ4v) is 4.02. The summed E-state index contributed by atoms with van der Waals surface area (Å²) in [6.45, 7) is 0.156. The van der Waals surface area contributed by atoms with Gasteiger partial charge in [-0.1, -0.05) is 0 Å². The molecular formula is C19H22N2O7S. The van der Waals surface area contributed by atoms with Crippen LogP contribution in [-0.4, -0.2) is 40.9 Å². The molecule has 10 heteroatoms. The van der Waals surface area contributed by atoms with Gasteiger partial charge in [0.25, 0.3) is 0 Å². The van der Waals surface area contributed by atoms with Crippen molar-refractivity contribution in [1.82, 2.24) is 9.29 Å². The van der Waals surface area contributed by atoms with E-state index in [1.165, 1.54) is 51.1 Å². The van der Waals surface area contributed by atoms with Gasteiger partial charge in [0.05, 0.1) is 31.7 Å². The maximum atomic E-state index is 12.6. The molecule has 0 spiro atoms. The molecule has 3 aromatic rings. The smallest absolute Gasteiger partial charge is 0.419 e. The number of fused-ring (bicyclic) bond motifs is 1. The molecule has 0 atom stereocenters. The van der Waals surface area contributed by atoms with Crippen LogP contribution in [0.15, 0.2) is 44.4 Å². The molecule has 0 radical (unpaired) electrons. The van der Waals surface area contributed by atoms with Crippen LogP contribution in [0.1, 0.15) is 5.56 Å². The summed E-state index contributed by atoms with van der Waals surface area (Å²) in [6.07, 6.45) is 0.405. The lowest BCUT2D eigenvalue weighted by Crippen LogP contribution is -2.26. The van der Waals surface area contributed by atoms with Crippen molar-refractivity contribution in [2.24, 2.45) is 7.05 Å². The first kappa shape index (κ1) is 20.7. The van der Waals surface area contributed by atoms with Crippen LogP contribution in [0.4, 0.5) is 0 Å². The van der Waals surface area contributed by atoms with E-state index in [1.807, 2.05) is 0 Å². The predicted molar refractivity (Wildman–Crippen MR) is 106 cm³/mol. The number of benzene rings is 2. The van der Waals surface area contributed by atoms with Crippen LogP contribution >= 0.6 is 0 Å². The zero-order valence-corrected chi connectivity index (χ0v) is 17.3. The highest BCUT2D eigenvalue weighted by Gasteiger charge is 2.17. The highest BCUT2D eigenvalue weighted by atomic mass is 32.2. The summed E-state index contributed by atoms with van der Waals surface area (Å²) in [5, 5.41) is 0. The number of methoxy groups -OCH3 is 3. The molecule has 0 saturated heterocycles. The van der Waals surface area contributed by atoms with Crippen molar-refractivity contribution in [2.45, 2.75) is 11.3 Å². The number of aryl methyl sites for hydroxylation is 1. The van der Waals surface area contributed by atoms with E-state index in [0.717, 1.165) is 5.56 Å². The van der Waals surface area contributed by atoms with Gasteiger partial charge in [0.15, 0.2) is 17.1 Å². The largest absolute Gasteiger partial charge is 0.493 e. The molecule has 1 aromatic heterocycles. The fraction of sp³-hybridized carbons (Fsp3) is 0.316. The zero-order chi connectivity index (χ0) is 21.2. The van der Waals surface area contributed by atoms with Gasteiger partial charge in [-0.15, -0.1) is 0 Å². The molecule has 1 heterocycles. The second-order valence-electron chi connectivity index (χ2n) is 6.24. The normalized spacial score (nSPS) is 11.6. The summed E-state index contributed by atoms with van der Waals surface area (Å²) in [5.41, 5.74) is 1.55. The Morgan fingerprint density at radius 2 is 1.69 bits per heavy atom. The van der Waals surface area contributed by atoms with Crippen LogP contribution in [0.25, 0.3) is 11.1 Å². The SMILES string of the molecule is COc1cc(CCNS(=O)(=O)c2ccc3oc(=O)n(C)c3c2)cc(OC)c1OC. The molecule has 2 aromatic carbocycles. The van der Waals surface area contributed by atoms with Crippen LogP contribution in [0.3, 0.4) is 0 Å². The minimum atomic E-state index is -3.77. The maximum Gasteiger partial charge on any atom is 0.419 e. The molecule has 0 aliphatic rings. The lowest BCUT2D eigenvalue weighted by Gasteiger charge is -2.14. The first-order valence-corrected chi connectivity index (χ1v) is 10.2. The standard InChI is InChI=1S/C19H22N2O7S/c1-21-14-11-13(5-6-15(14)28-19(21)22)29(23,24)20-8-7-12-9-16(25-2)18(27-4)17(10-12)26-3/h5-6,9-11,20H,7-8H2,1-4H3. The number of nitrogens with zero attached hydrogens (tertiary/aromatic N) is 1. The van der Waals surface area contributed by atoms with E-state index in [-0.39, 0.29) is 11.4 Å². The Bertz CT molecular complexity index is 1170. The zero-order valence-electron chi connectivity index (χ0n) is 16.5. The average Bonchev–Trinajstić information content (AvgIpc) is 3.00. The minimum absolute atomic E-state index is 0.0475. The molecule has 0 bridgehead atoms. The van der Waals surface area contributed by atoms with E-state index in [4.69, 9.17) is 18.6 Å². The number of hydrogen-bond donors (Lipinski definition) is 1. The molecule has 3 rings (SSSR count). The molecule has 29 heavy (non-hydrogen) atoms. The number of rotatable bonds is 8. The van der Waals surface area contributed by atoms with Gasteiger partial charge in [-0.05, 0) is 42.3 Å². The molecule has 0 saturated carbocycles. The lowest BCUT2D eigenvalue weighted by atomic mass is 10.1. The van der Waals surface area contributed by atoms with Gasteiger partial charge in [0.1, 0.15) is 0 Å². The van der Waals surface area contributed by atoms with Gasteiger partial charge in [-0.3, -0.25) is 4.57 Å². The topological polar surface area (TPSA) is 109 Å². The molecular weight excluding hydrogens is 400 g/mol. The van der Waals surface area contributed by atoms with Crippen molar-refractivity contribution in [3.8, 4) is 17.2 Å². The van der Waals surface area contributed by atoms with Gasteiger partial charge in [0, 0.05) is 13.6 Å². The number of sulfonamides is 1. The Morgan fingerprint density at radius 1 is 1.03 bits per heavy atom. The first-order chi connectivity index (χ1) is 13.8. The summed E-state index contributed by atoms with van der Waals surface area (Å²) in [7, 11) is 2.30. The van der Waals surface area contributed by atoms with E-state index in [2.05, 4.69) is 4.72 Å².